The van der Waals surface area contributed by atoms with E-state index in [0.29, 0.717) is 23.9 Å². The number of hydrogen-bond donors (Lipinski definition) is 0. The number of benzene rings is 1. The fraction of sp³-hybridized carbons (Fsp3) is 0.250. The minimum Gasteiger partial charge on any atom is -0.484 e. The van der Waals surface area contributed by atoms with Crippen LogP contribution in [0.5, 0.6) is 5.75 Å². The summed E-state index contributed by atoms with van der Waals surface area (Å²) in [5.41, 5.74) is 2.10. The topological polar surface area (TPSA) is 42.7 Å². The number of halogens is 1. The lowest BCUT2D eigenvalue weighted by Gasteiger charge is -2.22. The van der Waals surface area contributed by atoms with E-state index in [1.54, 1.807) is 34.6 Å². The van der Waals surface area contributed by atoms with Gasteiger partial charge in [-0.25, -0.2) is 0 Å². The third-order valence-electron chi connectivity index (χ3n) is 4.07. The Morgan fingerprint density at radius 2 is 2.04 bits per heavy atom. The number of nitrogens with zero attached hydrogens (tertiary/aromatic N) is 1. The Bertz CT molecular complexity index is 873. The molecule has 0 unspecified atom stereocenters. The minimum absolute atomic E-state index is 0.0355. The summed E-state index contributed by atoms with van der Waals surface area (Å²) in [4.78, 5) is 15.7. The van der Waals surface area contributed by atoms with Crippen molar-refractivity contribution >= 4 is 28.8 Å². The molecule has 0 aliphatic rings. The van der Waals surface area contributed by atoms with Crippen LogP contribution >= 0.6 is 22.9 Å². The Morgan fingerprint density at radius 1 is 1.19 bits per heavy atom. The first-order valence-electron chi connectivity index (χ1n) is 8.25. The van der Waals surface area contributed by atoms with Crippen LogP contribution in [0.15, 0.2) is 52.5 Å². The van der Waals surface area contributed by atoms with Gasteiger partial charge in [-0.3, -0.25) is 4.79 Å². The summed E-state index contributed by atoms with van der Waals surface area (Å²) >= 11 is 7.67. The van der Waals surface area contributed by atoms with Crippen molar-refractivity contribution < 1.29 is 13.9 Å². The zero-order valence-corrected chi connectivity index (χ0v) is 16.3. The third-order valence-corrected chi connectivity index (χ3v) is 5.51. The van der Waals surface area contributed by atoms with Crippen LogP contribution < -0.4 is 4.74 Å². The van der Waals surface area contributed by atoms with Crippen LogP contribution in [0.4, 0.5) is 0 Å². The maximum atomic E-state index is 12.8. The quantitative estimate of drug-likeness (QED) is 0.556. The molecule has 136 valence electrons. The lowest BCUT2D eigenvalue weighted by atomic mass is 10.2. The molecule has 0 spiro atoms. The van der Waals surface area contributed by atoms with Crippen molar-refractivity contribution in [2.45, 2.75) is 26.9 Å². The molecule has 4 nitrogen and oxygen atoms in total. The van der Waals surface area contributed by atoms with E-state index in [4.69, 9.17) is 20.8 Å². The van der Waals surface area contributed by atoms with E-state index in [0.717, 1.165) is 16.2 Å². The average Bonchev–Trinajstić information content (AvgIpc) is 3.27. The number of rotatable bonds is 7. The first kappa shape index (κ1) is 18.5. The molecule has 26 heavy (non-hydrogen) atoms. The second kappa shape index (κ2) is 8.43. The standard InChI is InChI=1S/C20H20ClNO3S/c1-14-7-9-26-19(14)12-22(11-17-4-3-8-24-17)20(23)13-25-16-5-6-18(21)15(2)10-16/h3-10H,11-13H2,1-2H3. The summed E-state index contributed by atoms with van der Waals surface area (Å²) in [5, 5.41) is 2.71. The number of carbonyl (C=O) groups excluding carboxylic acids is 1. The fourth-order valence-electron chi connectivity index (χ4n) is 2.51. The lowest BCUT2D eigenvalue weighted by Crippen LogP contribution is -2.34. The highest BCUT2D eigenvalue weighted by Gasteiger charge is 2.18. The van der Waals surface area contributed by atoms with Crippen molar-refractivity contribution in [1.29, 1.82) is 0 Å². The number of aryl methyl sites for hydroxylation is 2. The predicted octanol–water partition coefficient (Wildman–Crippen LogP) is 5.22. The van der Waals surface area contributed by atoms with Crippen molar-refractivity contribution in [1.82, 2.24) is 4.90 Å². The van der Waals surface area contributed by atoms with Crippen LogP contribution in [-0.2, 0) is 17.9 Å². The van der Waals surface area contributed by atoms with Crippen molar-refractivity contribution in [3.8, 4) is 5.75 Å². The molecule has 2 aromatic heterocycles. The molecule has 0 N–H and O–H groups in total. The second-order valence-corrected chi connectivity index (χ2v) is 7.46. The van der Waals surface area contributed by atoms with Gasteiger partial charge in [-0.1, -0.05) is 11.6 Å². The second-order valence-electron chi connectivity index (χ2n) is 6.06. The van der Waals surface area contributed by atoms with Gasteiger partial charge in [0.05, 0.1) is 19.4 Å². The Morgan fingerprint density at radius 3 is 2.69 bits per heavy atom. The summed E-state index contributed by atoms with van der Waals surface area (Å²) in [6.45, 7) is 4.86. The fourth-order valence-corrected chi connectivity index (χ4v) is 3.54. The first-order valence-corrected chi connectivity index (χ1v) is 9.51. The molecule has 1 amide bonds. The molecular formula is C20H20ClNO3S. The van der Waals surface area contributed by atoms with E-state index >= 15 is 0 Å². The number of furan rings is 1. The van der Waals surface area contributed by atoms with Crippen LogP contribution in [0.3, 0.4) is 0 Å². The molecule has 0 fully saturated rings. The molecule has 6 heteroatoms. The smallest absolute Gasteiger partial charge is 0.261 e. The van der Waals surface area contributed by atoms with E-state index in [1.807, 2.05) is 37.4 Å². The zero-order valence-electron chi connectivity index (χ0n) is 14.7. The highest BCUT2D eigenvalue weighted by atomic mass is 35.5. The van der Waals surface area contributed by atoms with Gasteiger partial charge in [0.25, 0.3) is 5.91 Å². The van der Waals surface area contributed by atoms with Gasteiger partial charge >= 0.3 is 0 Å². The van der Waals surface area contributed by atoms with Gasteiger partial charge in [-0.15, -0.1) is 11.3 Å². The van der Waals surface area contributed by atoms with Crippen molar-refractivity contribution in [3.63, 3.8) is 0 Å². The largest absolute Gasteiger partial charge is 0.484 e. The molecule has 0 bridgehead atoms. The highest BCUT2D eigenvalue weighted by molar-refractivity contribution is 7.10. The molecule has 3 rings (SSSR count). The van der Waals surface area contributed by atoms with Gasteiger partial charge in [-0.2, -0.15) is 0 Å². The summed E-state index contributed by atoms with van der Waals surface area (Å²) in [7, 11) is 0. The molecule has 0 radical (unpaired) electrons. The molecule has 3 aromatic rings. The molecule has 0 atom stereocenters. The summed E-state index contributed by atoms with van der Waals surface area (Å²) in [6.07, 6.45) is 1.61. The summed E-state index contributed by atoms with van der Waals surface area (Å²) < 4.78 is 11.1. The zero-order chi connectivity index (χ0) is 18.5. The molecule has 0 aliphatic carbocycles. The number of thiophene rings is 1. The van der Waals surface area contributed by atoms with Crippen molar-refractivity contribution in [2.24, 2.45) is 0 Å². The molecule has 0 saturated heterocycles. The molecule has 1 aromatic carbocycles. The Balaban J connectivity index is 1.69. The van der Waals surface area contributed by atoms with Crippen LogP contribution in [0.2, 0.25) is 5.02 Å². The lowest BCUT2D eigenvalue weighted by molar-refractivity contribution is -0.134. The average molecular weight is 390 g/mol. The van der Waals surface area contributed by atoms with Crippen molar-refractivity contribution in [3.05, 3.63) is 74.8 Å². The van der Waals surface area contributed by atoms with Crippen LogP contribution in [-0.4, -0.2) is 17.4 Å². The van der Waals surface area contributed by atoms with E-state index in [9.17, 15) is 4.79 Å². The monoisotopic (exact) mass is 389 g/mol. The summed E-state index contributed by atoms with van der Waals surface area (Å²) in [5.74, 6) is 1.28. The molecule has 2 heterocycles. The molecule has 0 saturated carbocycles. The SMILES string of the molecule is Cc1cc(OCC(=O)N(Cc2ccco2)Cc2sccc2C)ccc1Cl. The Hall–Kier alpha value is -2.24. The van der Waals surface area contributed by atoms with Gasteiger partial charge in [0, 0.05) is 9.90 Å². The van der Waals surface area contributed by atoms with Gasteiger partial charge in [0.2, 0.25) is 0 Å². The normalized spacial score (nSPS) is 10.7. The van der Waals surface area contributed by atoms with Crippen molar-refractivity contribution in [2.75, 3.05) is 6.61 Å². The Kier molecular flexibility index (Phi) is 6.01. The molecule has 0 aliphatic heterocycles. The van der Waals surface area contributed by atoms with Gasteiger partial charge < -0.3 is 14.1 Å². The highest BCUT2D eigenvalue weighted by Crippen LogP contribution is 2.22. The van der Waals surface area contributed by atoms with Crippen LogP contribution in [0.25, 0.3) is 0 Å². The van der Waals surface area contributed by atoms with E-state index in [2.05, 4.69) is 6.07 Å². The van der Waals surface area contributed by atoms with E-state index in [1.165, 1.54) is 5.56 Å². The summed E-state index contributed by atoms with van der Waals surface area (Å²) in [6, 6.07) is 11.1. The van der Waals surface area contributed by atoms with E-state index in [-0.39, 0.29) is 12.5 Å². The van der Waals surface area contributed by atoms with Gasteiger partial charge in [-0.05, 0) is 66.8 Å². The Labute approximate surface area is 162 Å². The van der Waals surface area contributed by atoms with E-state index < -0.39 is 0 Å². The number of ether oxygens (including phenoxy) is 1. The van der Waals surface area contributed by atoms with Crippen LogP contribution in [0.1, 0.15) is 21.8 Å². The first-order chi connectivity index (χ1) is 12.5. The predicted molar refractivity (Wildman–Crippen MR) is 104 cm³/mol. The number of carbonyl (C=O) groups is 1. The number of hydrogen-bond acceptors (Lipinski definition) is 4. The minimum atomic E-state index is -0.0956. The van der Waals surface area contributed by atoms with Gasteiger partial charge in [0.15, 0.2) is 6.61 Å². The number of amides is 1. The third kappa shape index (κ3) is 4.68. The van der Waals surface area contributed by atoms with Crippen LogP contribution in [0, 0.1) is 13.8 Å². The maximum absolute atomic E-state index is 12.8. The maximum Gasteiger partial charge on any atom is 0.261 e. The van der Waals surface area contributed by atoms with Gasteiger partial charge in [0.1, 0.15) is 11.5 Å². The molecular weight excluding hydrogens is 370 g/mol.